The van der Waals surface area contributed by atoms with Gasteiger partial charge in [-0.05, 0) is 93.0 Å². The Hall–Kier alpha value is -2.75. The number of aryl methyl sites for hydroxylation is 1. The van der Waals surface area contributed by atoms with Crippen molar-refractivity contribution < 1.29 is 19.0 Å². The average molecular weight is 409 g/mol. The molecule has 160 valence electrons. The number of hydrogen-bond donors (Lipinski definition) is 0. The van der Waals surface area contributed by atoms with Gasteiger partial charge in [-0.1, -0.05) is 18.7 Å². The summed E-state index contributed by atoms with van der Waals surface area (Å²) in [7, 11) is 1.42. The first-order valence-electron chi connectivity index (χ1n) is 10.5. The van der Waals surface area contributed by atoms with Crippen LogP contribution in [0.4, 0.5) is 0 Å². The van der Waals surface area contributed by atoms with Gasteiger partial charge in [0, 0.05) is 5.56 Å². The lowest BCUT2D eigenvalue weighted by atomic mass is 9.84. The van der Waals surface area contributed by atoms with Crippen LogP contribution in [0, 0.1) is 13.8 Å². The number of carbonyl (C=O) groups is 1. The Morgan fingerprint density at radius 2 is 2.00 bits per heavy atom. The molecule has 0 aliphatic carbocycles. The van der Waals surface area contributed by atoms with Crippen molar-refractivity contribution in [2.24, 2.45) is 0 Å². The van der Waals surface area contributed by atoms with E-state index in [4.69, 9.17) is 14.2 Å². The van der Waals surface area contributed by atoms with E-state index in [1.807, 2.05) is 45.9 Å². The molecule has 4 nitrogen and oxygen atoms in total. The van der Waals surface area contributed by atoms with E-state index in [2.05, 4.69) is 19.6 Å². The van der Waals surface area contributed by atoms with E-state index in [1.165, 1.54) is 18.2 Å². The molecular weight excluding hydrogens is 376 g/mol. The Bertz CT molecular complexity index is 980. The fourth-order valence-corrected chi connectivity index (χ4v) is 4.09. The zero-order valence-electron chi connectivity index (χ0n) is 19.0. The molecule has 0 saturated heterocycles. The minimum Gasteiger partial charge on any atom is -0.493 e. The summed E-state index contributed by atoms with van der Waals surface area (Å²) in [5.74, 6) is 1.46. The normalized spacial score (nSPS) is 13.3. The Kier molecular flexibility index (Phi) is 6.25. The van der Waals surface area contributed by atoms with Crippen molar-refractivity contribution in [1.29, 1.82) is 0 Å². The standard InChI is InChI=1S/C26H32O4/c1-8-18-23(30-26(4,5)6)14-16(2)21(15-24(27)28-7)25(18)20-11-12-22-19(17(20)3)10-9-13-29-22/h8,11-12,14H,1,9-10,13,15H2,2-7H3. The molecule has 0 atom stereocenters. The molecule has 1 aliphatic rings. The third-order valence-electron chi connectivity index (χ3n) is 5.48. The summed E-state index contributed by atoms with van der Waals surface area (Å²) in [5.41, 5.74) is 6.95. The summed E-state index contributed by atoms with van der Waals surface area (Å²) in [4.78, 5) is 12.2. The third kappa shape index (κ3) is 4.38. The van der Waals surface area contributed by atoms with Crippen molar-refractivity contribution >= 4 is 12.0 Å². The van der Waals surface area contributed by atoms with Gasteiger partial charge in [0.2, 0.25) is 0 Å². The summed E-state index contributed by atoms with van der Waals surface area (Å²) < 4.78 is 17.1. The van der Waals surface area contributed by atoms with E-state index in [0.29, 0.717) is 0 Å². The van der Waals surface area contributed by atoms with Crippen LogP contribution < -0.4 is 9.47 Å². The number of methoxy groups -OCH3 is 1. The van der Waals surface area contributed by atoms with Gasteiger partial charge in [-0.2, -0.15) is 0 Å². The molecule has 3 rings (SSSR count). The predicted octanol–water partition coefficient (Wildman–Crippen LogP) is 5.83. The molecular formula is C26H32O4. The predicted molar refractivity (Wildman–Crippen MR) is 121 cm³/mol. The first-order valence-corrected chi connectivity index (χ1v) is 10.5. The highest BCUT2D eigenvalue weighted by atomic mass is 16.5. The highest BCUT2D eigenvalue weighted by Crippen LogP contribution is 2.43. The quantitative estimate of drug-likeness (QED) is 0.584. The zero-order chi connectivity index (χ0) is 22.1. The molecule has 0 aromatic heterocycles. The first kappa shape index (κ1) is 21.9. The van der Waals surface area contributed by atoms with Crippen LogP contribution in [0.15, 0.2) is 24.8 Å². The van der Waals surface area contributed by atoms with Crippen LogP contribution in [-0.4, -0.2) is 25.3 Å². The van der Waals surface area contributed by atoms with Crippen LogP contribution in [0.5, 0.6) is 11.5 Å². The van der Waals surface area contributed by atoms with Crippen molar-refractivity contribution in [2.45, 2.75) is 59.5 Å². The second-order valence-corrected chi connectivity index (χ2v) is 8.80. The maximum Gasteiger partial charge on any atom is 0.310 e. The number of esters is 1. The Morgan fingerprint density at radius 1 is 1.27 bits per heavy atom. The molecule has 0 saturated carbocycles. The number of benzene rings is 2. The Morgan fingerprint density at radius 3 is 2.63 bits per heavy atom. The van der Waals surface area contributed by atoms with Gasteiger partial charge in [0.15, 0.2) is 0 Å². The molecule has 0 radical (unpaired) electrons. The summed E-state index contributed by atoms with van der Waals surface area (Å²) in [6.07, 6.45) is 4.02. The van der Waals surface area contributed by atoms with Crippen LogP contribution in [0.3, 0.4) is 0 Å². The second kappa shape index (κ2) is 8.55. The number of fused-ring (bicyclic) bond motifs is 1. The number of carbonyl (C=O) groups excluding carboxylic acids is 1. The lowest BCUT2D eigenvalue weighted by Gasteiger charge is -2.27. The van der Waals surface area contributed by atoms with Crippen molar-refractivity contribution in [3.8, 4) is 22.6 Å². The molecule has 1 aliphatic heterocycles. The van der Waals surface area contributed by atoms with Gasteiger partial charge in [0.05, 0.1) is 20.1 Å². The van der Waals surface area contributed by atoms with Gasteiger partial charge in [-0.25, -0.2) is 0 Å². The van der Waals surface area contributed by atoms with Gasteiger partial charge >= 0.3 is 5.97 Å². The Balaban J connectivity index is 2.32. The molecule has 1 heterocycles. The molecule has 0 bridgehead atoms. The van der Waals surface area contributed by atoms with E-state index in [-0.39, 0.29) is 18.0 Å². The summed E-state index contributed by atoms with van der Waals surface area (Å²) in [6, 6.07) is 6.13. The number of hydrogen-bond acceptors (Lipinski definition) is 4. The van der Waals surface area contributed by atoms with Crippen molar-refractivity contribution in [1.82, 2.24) is 0 Å². The largest absolute Gasteiger partial charge is 0.493 e. The Labute approximate surface area is 179 Å². The molecule has 4 heteroatoms. The van der Waals surface area contributed by atoms with Gasteiger partial charge in [0.1, 0.15) is 17.1 Å². The highest BCUT2D eigenvalue weighted by molar-refractivity contribution is 5.88. The van der Waals surface area contributed by atoms with Crippen LogP contribution >= 0.6 is 0 Å². The van der Waals surface area contributed by atoms with E-state index >= 15 is 0 Å². The van der Waals surface area contributed by atoms with Gasteiger partial charge in [-0.15, -0.1) is 0 Å². The zero-order valence-corrected chi connectivity index (χ0v) is 19.0. The van der Waals surface area contributed by atoms with E-state index in [0.717, 1.165) is 58.8 Å². The van der Waals surface area contributed by atoms with Crippen LogP contribution in [-0.2, 0) is 22.4 Å². The van der Waals surface area contributed by atoms with Gasteiger partial charge in [0.25, 0.3) is 0 Å². The fraction of sp³-hybridized carbons (Fsp3) is 0.423. The lowest BCUT2D eigenvalue weighted by Crippen LogP contribution is -2.24. The van der Waals surface area contributed by atoms with Crippen molar-refractivity contribution in [3.63, 3.8) is 0 Å². The van der Waals surface area contributed by atoms with Crippen LogP contribution in [0.25, 0.3) is 17.2 Å². The molecule has 0 fully saturated rings. The second-order valence-electron chi connectivity index (χ2n) is 8.80. The summed E-state index contributed by atoms with van der Waals surface area (Å²) >= 11 is 0. The molecule has 0 N–H and O–H groups in total. The molecule has 0 amide bonds. The smallest absolute Gasteiger partial charge is 0.310 e. The van der Waals surface area contributed by atoms with Crippen molar-refractivity contribution in [3.05, 3.63) is 52.6 Å². The monoisotopic (exact) mass is 408 g/mol. The summed E-state index contributed by atoms with van der Waals surface area (Å²) in [6.45, 7) is 15.1. The molecule has 0 unspecified atom stereocenters. The van der Waals surface area contributed by atoms with Crippen LogP contribution in [0.1, 0.15) is 55.0 Å². The minimum absolute atomic E-state index is 0.196. The maximum atomic E-state index is 12.2. The lowest BCUT2D eigenvalue weighted by molar-refractivity contribution is -0.139. The van der Waals surface area contributed by atoms with Gasteiger partial charge in [-0.3, -0.25) is 4.79 Å². The molecule has 0 spiro atoms. The number of ether oxygens (including phenoxy) is 3. The molecule has 2 aromatic rings. The van der Waals surface area contributed by atoms with Crippen LogP contribution in [0.2, 0.25) is 0 Å². The minimum atomic E-state index is -0.357. The SMILES string of the molecule is C=Cc1c(OC(C)(C)C)cc(C)c(CC(=O)OC)c1-c1ccc2c(c1C)CCCO2. The van der Waals surface area contributed by atoms with E-state index in [1.54, 1.807) is 0 Å². The number of rotatable bonds is 5. The molecule has 30 heavy (non-hydrogen) atoms. The molecule has 2 aromatic carbocycles. The summed E-state index contributed by atoms with van der Waals surface area (Å²) in [5, 5.41) is 0. The maximum absolute atomic E-state index is 12.2. The van der Waals surface area contributed by atoms with Gasteiger partial charge < -0.3 is 14.2 Å². The fourth-order valence-electron chi connectivity index (χ4n) is 4.09. The third-order valence-corrected chi connectivity index (χ3v) is 5.48. The van der Waals surface area contributed by atoms with Crippen molar-refractivity contribution in [2.75, 3.05) is 13.7 Å². The van der Waals surface area contributed by atoms with E-state index < -0.39 is 0 Å². The highest BCUT2D eigenvalue weighted by Gasteiger charge is 2.25. The topological polar surface area (TPSA) is 44.8 Å². The average Bonchev–Trinajstić information content (AvgIpc) is 2.69. The first-order chi connectivity index (χ1) is 14.2. The van der Waals surface area contributed by atoms with E-state index in [9.17, 15) is 4.79 Å².